The average molecular weight is 465 g/mol. The zero-order chi connectivity index (χ0) is 24.0. The van der Waals surface area contributed by atoms with Crippen LogP contribution < -0.4 is 0 Å². The Morgan fingerprint density at radius 1 is 0.818 bits per heavy atom. The minimum atomic E-state index is -1.38. The Bertz CT molecular complexity index is 713. The lowest BCUT2D eigenvalue weighted by Crippen LogP contribution is -2.60. The van der Waals surface area contributed by atoms with Crippen LogP contribution in [0.3, 0.4) is 0 Å². The van der Waals surface area contributed by atoms with Gasteiger partial charge in [-0.1, -0.05) is 25.3 Å². The zero-order valence-corrected chi connectivity index (χ0v) is 20.5. The van der Waals surface area contributed by atoms with Gasteiger partial charge in [0.15, 0.2) is 5.41 Å². The van der Waals surface area contributed by atoms with Gasteiger partial charge in [0.05, 0.1) is 31.0 Å². The maximum absolute atomic E-state index is 13.2. The van der Waals surface area contributed by atoms with Crippen molar-refractivity contribution in [1.82, 2.24) is 0 Å². The normalized spacial score (nSPS) is 28.5. The summed E-state index contributed by atoms with van der Waals surface area (Å²) in [4.78, 5) is 38.5. The number of rotatable bonds is 7. The van der Waals surface area contributed by atoms with E-state index in [2.05, 4.69) is 0 Å². The van der Waals surface area contributed by atoms with Crippen LogP contribution in [0, 0.1) is 11.3 Å². The second-order valence-electron chi connectivity index (χ2n) is 9.72. The van der Waals surface area contributed by atoms with Crippen LogP contribution in [-0.4, -0.2) is 48.9 Å². The van der Waals surface area contributed by atoms with Gasteiger partial charge in [-0.2, -0.15) is 0 Å². The molecule has 1 heterocycles. The van der Waals surface area contributed by atoms with Crippen molar-refractivity contribution in [1.29, 1.82) is 0 Å². The molecule has 7 nitrogen and oxygen atoms in total. The summed E-state index contributed by atoms with van der Waals surface area (Å²) in [6.45, 7) is 5.97. The second-order valence-corrected chi connectivity index (χ2v) is 9.72. The van der Waals surface area contributed by atoms with E-state index >= 15 is 0 Å². The molecule has 33 heavy (non-hydrogen) atoms. The van der Waals surface area contributed by atoms with Crippen molar-refractivity contribution in [3.63, 3.8) is 0 Å². The molecule has 0 N–H and O–H groups in total. The molecule has 2 aliphatic carbocycles. The summed E-state index contributed by atoms with van der Waals surface area (Å²) in [5, 5.41) is 0. The van der Waals surface area contributed by atoms with Gasteiger partial charge in [0.1, 0.15) is 0 Å². The molecule has 3 rings (SSSR count). The summed E-state index contributed by atoms with van der Waals surface area (Å²) < 4.78 is 22.9. The summed E-state index contributed by atoms with van der Waals surface area (Å²) in [6.07, 6.45) is 12.5. The van der Waals surface area contributed by atoms with Crippen molar-refractivity contribution in [2.45, 2.75) is 103 Å². The molecule has 3 fully saturated rings. The summed E-state index contributed by atoms with van der Waals surface area (Å²) in [6, 6.07) is 0. The molecular formula is C26H40O7. The van der Waals surface area contributed by atoms with Gasteiger partial charge in [0.2, 0.25) is 0 Å². The third-order valence-electron chi connectivity index (χ3n) is 7.66. The fourth-order valence-electron chi connectivity index (χ4n) is 6.20. The van der Waals surface area contributed by atoms with Crippen molar-refractivity contribution < 1.29 is 33.3 Å². The van der Waals surface area contributed by atoms with Gasteiger partial charge in [0.25, 0.3) is 0 Å². The van der Waals surface area contributed by atoms with Gasteiger partial charge >= 0.3 is 17.9 Å². The van der Waals surface area contributed by atoms with Crippen LogP contribution in [-0.2, 0) is 33.3 Å². The largest absolute Gasteiger partial charge is 0.465 e. The van der Waals surface area contributed by atoms with Gasteiger partial charge in [-0.3, -0.25) is 9.59 Å². The molecule has 0 bridgehead atoms. The fourth-order valence-corrected chi connectivity index (χ4v) is 6.20. The molecule has 0 aromatic carbocycles. The van der Waals surface area contributed by atoms with Crippen LogP contribution in [0.5, 0.6) is 0 Å². The minimum Gasteiger partial charge on any atom is -0.465 e. The average Bonchev–Trinajstić information content (AvgIpc) is 2.79. The standard InChI is InChI=1S/C26H40O7/c1-4-30-21(27)12-11-20-13-18-25(22(28)31-5-2,23(29)32-6-3)19-26(20)17-10-16-24(33-26)14-8-7-9-15-24/h11-12,20H,4-10,13-19H2,1-3H3/b12-11+/t20-,26-/m0/s1. The van der Waals surface area contributed by atoms with E-state index in [0.29, 0.717) is 19.4 Å². The van der Waals surface area contributed by atoms with Crippen LogP contribution in [0.15, 0.2) is 12.2 Å². The molecule has 186 valence electrons. The number of ether oxygens (including phenoxy) is 4. The SMILES string of the molecule is CCOC(=O)/C=C/[C@H]1CCC(C(=O)OCC)(C(=O)OCC)C[C@@]12CCCC1(CCCCC1)O2. The van der Waals surface area contributed by atoms with Crippen LogP contribution >= 0.6 is 0 Å². The predicted octanol–water partition coefficient (Wildman–Crippen LogP) is 4.66. The van der Waals surface area contributed by atoms with E-state index < -0.39 is 23.0 Å². The molecule has 0 unspecified atom stereocenters. The van der Waals surface area contributed by atoms with E-state index in [1.54, 1.807) is 20.8 Å². The van der Waals surface area contributed by atoms with Gasteiger partial charge in [-0.25, -0.2) is 4.79 Å². The van der Waals surface area contributed by atoms with Gasteiger partial charge in [0, 0.05) is 18.4 Å². The van der Waals surface area contributed by atoms with Gasteiger partial charge in [-0.05, 0) is 65.7 Å². The van der Waals surface area contributed by atoms with Crippen molar-refractivity contribution >= 4 is 17.9 Å². The molecule has 0 radical (unpaired) electrons. The van der Waals surface area contributed by atoms with E-state index in [0.717, 1.165) is 44.9 Å². The highest BCUT2D eigenvalue weighted by molar-refractivity contribution is 6.00. The van der Waals surface area contributed by atoms with E-state index in [-0.39, 0.29) is 37.1 Å². The van der Waals surface area contributed by atoms with E-state index in [4.69, 9.17) is 18.9 Å². The molecule has 0 aromatic heterocycles. The number of carbonyl (C=O) groups is 3. The van der Waals surface area contributed by atoms with E-state index in [9.17, 15) is 14.4 Å². The first-order valence-corrected chi connectivity index (χ1v) is 12.7. The highest BCUT2D eigenvalue weighted by Crippen LogP contribution is 2.56. The summed E-state index contributed by atoms with van der Waals surface area (Å²) in [7, 11) is 0. The first kappa shape index (κ1) is 25.7. The van der Waals surface area contributed by atoms with Crippen LogP contribution in [0.25, 0.3) is 0 Å². The second kappa shape index (κ2) is 11.0. The lowest BCUT2D eigenvalue weighted by molar-refractivity contribution is -0.246. The number of hydrogen-bond acceptors (Lipinski definition) is 7. The summed E-state index contributed by atoms with van der Waals surface area (Å²) in [5.41, 5.74) is -2.33. The molecule has 2 spiro atoms. The van der Waals surface area contributed by atoms with E-state index in [1.807, 2.05) is 6.08 Å². The molecule has 7 heteroatoms. The Labute approximate surface area is 197 Å². The molecule has 3 aliphatic rings. The maximum Gasteiger partial charge on any atom is 0.330 e. The monoisotopic (exact) mass is 464 g/mol. The molecule has 2 saturated carbocycles. The van der Waals surface area contributed by atoms with Crippen LogP contribution in [0.1, 0.15) is 91.4 Å². The summed E-state index contributed by atoms with van der Waals surface area (Å²) >= 11 is 0. The highest BCUT2D eigenvalue weighted by Gasteiger charge is 2.62. The molecular weight excluding hydrogens is 424 g/mol. The van der Waals surface area contributed by atoms with Crippen molar-refractivity contribution in [3.8, 4) is 0 Å². The van der Waals surface area contributed by atoms with E-state index in [1.165, 1.54) is 12.5 Å². The first-order valence-electron chi connectivity index (χ1n) is 12.7. The summed E-state index contributed by atoms with van der Waals surface area (Å²) in [5.74, 6) is -1.54. The van der Waals surface area contributed by atoms with Crippen molar-refractivity contribution in [2.75, 3.05) is 19.8 Å². The smallest absolute Gasteiger partial charge is 0.330 e. The molecule has 0 aromatic rings. The van der Waals surface area contributed by atoms with Crippen LogP contribution in [0.2, 0.25) is 0 Å². The van der Waals surface area contributed by atoms with Crippen LogP contribution in [0.4, 0.5) is 0 Å². The topological polar surface area (TPSA) is 88.1 Å². The minimum absolute atomic E-state index is 0.0991. The molecule has 1 aliphatic heterocycles. The number of esters is 3. The zero-order valence-electron chi connectivity index (χ0n) is 20.5. The Kier molecular flexibility index (Phi) is 8.59. The quantitative estimate of drug-likeness (QED) is 0.234. The predicted molar refractivity (Wildman–Crippen MR) is 122 cm³/mol. The Morgan fingerprint density at radius 2 is 1.42 bits per heavy atom. The lowest BCUT2D eigenvalue weighted by Gasteiger charge is -2.57. The Balaban J connectivity index is 1.99. The van der Waals surface area contributed by atoms with Crippen molar-refractivity contribution in [2.24, 2.45) is 11.3 Å². The Morgan fingerprint density at radius 3 is 2.03 bits per heavy atom. The number of carbonyl (C=O) groups excluding carboxylic acids is 3. The lowest BCUT2D eigenvalue weighted by atomic mass is 9.59. The number of hydrogen-bond donors (Lipinski definition) is 0. The van der Waals surface area contributed by atoms with Gasteiger partial charge in [-0.15, -0.1) is 0 Å². The third kappa shape index (κ3) is 5.44. The first-order chi connectivity index (χ1) is 15.9. The fraction of sp³-hybridized carbons (Fsp3) is 0.808. The molecule has 2 atom stereocenters. The molecule has 0 amide bonds. The van der Waals surface area contributed by atoms with Crippen molar-refractivity contribution in [3.05, 3.63) is 12.2 Å². The van der Waals surface area contributed by atoms with Gasteiger partial charge < -0.3 is 18.9 Å². The Hall–Kier alpha value is -1.89. The maximum atomic E-state index is 13.2. The highest BCUT2D eigenvalue weighted by atomic mass is 16.6. The molecule has 1 saturated heterocycles. The third-order valence-corrected chi connectivity index (χ3v) is 7.66.